The molecule has 0 fully saturated rings. The van der Waals surface area contributed by atoms with E-state index in [9.17, 15) is 14.0 Å². The Labute approximate surface area is 198 Å². The molecule has 3 aromatic carbocycles. The Balaban J connectivity index is 1.52. The maximum atomic E-state index is 13.4. The molecule has 1 aliphatic heterocycles. The Bertz CT molecular complexity index is 1170. The van der Waals surface area contributed by atoms with Gasteiger partial charge < -0.3 is 14.8 Å². The summed E-state index contributed by atoms with van der Waals surface area (Å²) in [5, 5.41) is 2.89. The number of ether oxygens (including phenoxy) is 2. The first-order chi connectivity index (χ1) is 16.5. The molecule has 34 heavy (non-hydrogen) atoms. The van der Waals surface area contributed by atoms with Gasteiger partial charge in [-0.1, -0.05) is 72.3 Å². The lowest BCUT2D eigenvalue weighted by Gasteiger charge is -2.16. The van der Waals surface area contributed by atoms with Gasteiger partial charge in [-0.3, -0.25) is 9.59 Å². The molecule has 6 heteroatoms. The highest BCUT2D eigenvalue weighted by Crippen LogP contribution is 2.35. The molecule has 1 aliphatic rings. The summed E-state index contributed by atoms with van der Waals surface area (Å²) in [5.74, 6) is -1.08. The molecule has 174 valence electrons. The van der Waals surface area contributed by atoms with E-state index in [4.69, 9.17) is 9.47 Å². The highest BCUT2D eigenvalue weighted by molar-refractivity contribution is 6.07. The monoisotopic (exact) mass is 459 g/mol. The third-order valence-electron chi connectivity index (χ3n) is 5.65. The maximum Gasteiger partial charge on any atom is 0.250 e. The molecule has 0 aromatic heterocycles. The lowest BCUT2D eigenvalue weighted by Crippen LogP contribution is -2.28. The summed E-state index contributed by atoms with van der Waals surface area (Å²) >= 11 is 0. The van der Waals surface area contributed by atoms with Crippen LogP contribution in [0.5, 0.6) is 0 Å². The van der Waals surface area contributed by atoms with Gasteiger partial charge in [0.25, 0.3) is 5.91 Å². The zero-order valence-corrected chi connectivity index (χ0v) is 18.9. The fourth-order valence-corrected chi connectivity index (χ4v) is 3.78. The number of Topliss-reactive ketones (excluding diaryl/α,β-unsaturated/α-hetero) is 1. The Morgan fingerprint density at radius 2 is 1.68 bits per heavy atom. The van der Waals surface area contributed by atoms with E-state index in [1.807, 2.05) is 61.5 Å². The molecule has 0 aliphatic carbocycles. The number of carbonyl (C=O) groups excluding carboxylic acids is 2. The molecule has 1 amide bonds. The molecule has 0 radical (unpaired) electrons. The second-order valence-electron chi connectivity index (χ2n) is 8.20. The molecule has 0 spiro atoms. The number of hydrogen-bond acceptors (Lipinski definition) is 4. The second-order valence-corrected chi connectivity index (χ2v) is 8.20. The van der Waals surface area contributed by atoms with Crippen LogP contribution in [0.2, 0.25) is 0 Å². The van der Waals surface area contributed by atoms with Gasteiger partial charge in [0.1, 0.15) is 18.5 Å². The molecule has 5 nitrogen and oxygen atoms in total. The fraction of sp³-hybridized carbons (Fsp3) is 0.214. The van der Waals surface area contributed by atoms with E-state index in [-0.39, 0.29) is 48.5 Å². The fourth-order valence-electron chi connectivity index (χ4n) is 3.78. The summed E-state index contributed by atoms with van der Waals surface area (Å²) in [6.45, 7) is 2.41. The van der Waals surface area contributed by atoms with E-state index < -0.39 is 6.10 Å². The Morgan fingerprint density at radius 1 is 0.971 bits per heavy atom. The van der Waals surface area contributed by atoms with Gasteiger partial charge in [0.15, 0.2) is 5.78 Å². The third-order valence-corrected chi connectivity index (χ3v) is 5.65. The van der Waals surface area contributed by atoms with Crippen molar-refractivity contribution in [2.75, 3.05) is 13.2 Å². The lowest BCUT2D eigenvalue weighted by molar-refractivity contribution is -0.121. The van der Waals surface area contributed by atoms with Gasteiger partial charge >= 0.3 is 0 Å². The molecule has 4 rings (SSSR count). The van der Waals surface area contributed by atoms with Gasteiger partial charge in [-0.25, -0.2) is 4.39 Å². The molecule has 1 atom stereocenters. The number of ketones is 1. The molecule has 1 N–H and O–H groups in total. The number of aryl methyl sites for hydroxylation is 1. The van der Waals surface area contributed by atoms with Crippen molar-refractivity contribution in [3.63, 3.8) is 0 Å². The van der Waals surface area contributed by atoms with Crippen LogP contribution in [-0.2, 0) is 32.2 Å². The van der Waals surface area contributed by atoms with Crippen molar-refractivity contribution in [2.45, 2.75) is 26.2 Å². The Hall–Kier alpha value is -3.61. The second kappa shape index (κ2) is 11.0. The first-order valence-electron chi connectivity index (χ1n) is 11.1. The van der Waals surface area contributed by atoms with Crippen molar-refractivity contribution in [2.24, 2.45) is 0 Å². The van der Waals surface area contributed by atoms with E-state index >= 15 is 0 Å². The van der Waals surface area contributed by atoms with Crippen LogP contribution in [0, 0.1) is 12.7 Å². The minimum absolute atomic E-state index is 0.0111. The number of benzene rings is 3. The largest absolute Gasteiger partial charge is 0.369 e. The number of hydrogen-bond donors (Lipinski definition) is 1. The zero-order chi connectivity index (χ0) is 23.9. The van der Waals surface area contributed by atoms with Crippen molar-refractivity contribution in [3.05, 3.63) is 118 Å². The molecule has 0 saturated carbocycles. The topological polar surface area (TPSA) is 64.6 Å². The minimum Gasteiger partial charge on any atom is -0.369 e. The standard InChI is InChI=1S/C28H26FNO4/c1-19-7-9-20(10-8-19)15-30-28(32)26-24(17-34-27(26)22-11-13-23(29)14-12-22)25(31)18-33-16-21-5-3-2-4-6-21/h2-14,27H,15-18H2,1H3,(H,30,32). The van der Waals surface area contributed by atoms with Gasteiger partial charge in [-0.2, -0.15) is 0 Å². The molecule has 0 bridgehead atoms. The average molecular weight is 460 g/mol. The summed E-state index contributed by atoms with van der Waals surface area (Å²) in [6, 6.07) is 23.1. The molecular weight excluding hydrogens is 433 g/mol. The molecular formula is C28H26FNO4. The van der Waals surface area contributed by atoms with Gasteiger partial charge in [0, 0.05) is 12.1 Å². The van der Waals surface area contributed by atoms with Gasteiger partial charge in [-0.05, 0) is 35.7 Å². The summed E-state index contributed by atoms with van der Waals surface area (Å²) in [6.07, 6.45) is -0.758. The molecule has 3 aromatic rings. The van der Waals surface area contributed by atoms with E-state index in [2.05, 4.69) is 5.32 Å². The van der Waals surface area contributed by atoms with E-state index in [1.165, 1.54) is 12.1 Å². The maximum absolute atomic E-state index is 13.4. The highest BCUT2D eigenvalue weighted by atomic mass is 19.1. The Morgan fingerprint density at radius 3 is 2.38 bits per heavy atom. The predicted octanol–water partition coefficient (Wildman–Crippen LogP) is 4.60. The van der Waals surface area contributed by atoms with Crippen LogP contribution in [-0.4, -0.2) is 24.9 Å². The number of rotatable bonds is 9. The van der Waals surface area contributed by atoms with Crippen molar-refractivity contribution >= 4 is 11.7 Å². The van der Waals surface area contributed by atoms with E-state index in [0.717, 1.165) is 16.7 Å². The summed E-state index contributed by atoms with van der Waals surface area (Å²) in [4.78, 5) is 26.2. The normalized spacial score (nSPS) is 15.4. The van der Waals surface area contributed by atoms with Crippen molar-refractivity contribution in [1.82, 2.24) is 5.32 Å². The molecule has 1 heterocycles. The number of nitrogens with one attached hydrogen (secondary N) is 1. The average Bonchev–Trinajstić information content (AvgIpc) is 3.30. The van der Waals surface area contributed by atoms with Crippen LogP contribution < -0.4 is 5.32 Å². The van der Waals surface area contributed by atoms with Crippen LogP contribution in [0.15, 0.2) is 90.0 Å². The smallest absolute Gasteiger partial charge is 0.250 e. The quantitative estimate of drug-likeness (QED) is 0.508. The van der Waals surface area contributed by atoms with Crippen LogP contribution in [0.3, 0.4) is 0 Å². The van der Waals surface area contributed by atoms with Crippen LogP contribution in [0.4, 0.5) is 4.39 Å². The SMILES string of the molecule is Cc1ccc(CNC(=O)C2=C(C(=O)COCc3ccccc3)COC2c2ccc(F)cc2)cc1. The van der Waals surface area contributed by atoms with Crippen LogP contribution in [0.1, 0.15) is 28.4 Å². The van der Waals surface area contributed by atoms with Crippen LogP contribution >= 0.6 is 0 Å². The first kappa shape index (κ1) is 23.5. The summed E-state index contributed by atoms with van der Waals surface area (Å²) in [5.41, 5.74) is 4.15. The lowest BCUT2D eigenvalue weighted by atomic mass is 9.96. The van der Waals surface area contributed by atoms with Gasteiger partial charge in [0.05, 0.1) is 18.8 Å². The van der Waals surface area contributed by atoms with Gasteiger partial charge in [0.2, 0.25) is 0 Å². The Kier molecular flexibility index (Phi) is 7.62. The minimum atomic E-state index is -0.758. The number of halogens is 1. The number of amides is 1. The molecule has 0 saturated heterocycles. The zero-order valence-electron chi connectivity index (χ0n) is 18.9. The summed E-state index contributed by atoms with van der Waals surface area (Å²) < 4.78 is 24.9. The van der Waals surface area contributed by atoms with E-state index in [0.29, 0.717) is 12.1 Å². The number of carbonyl (C=O) groups is 2. The van der Waals surface area contributed by atoms with Crippen LogP contribution in [0.25, 0.3) is 0 Å². The molecule has 1 unspecified atom stereocenters. The summed E-state index contributed by atoms with van der Waals surface area (Å²) in [7, 11) is 0. The van der Waals surface area contributed by atoms with Crippen molar-refractivity contribution < 1.29 is 23.5 Å². The highest BCUT2D eigenvalue weighted by Gasteiger charge is 2.35. The van der Waals surface area contributed by atoms with Crippen molar-refractivity contribution in [3.8, 4) is 0 Å². The third kappa shape index (κ3) is 5.84. The van der Waals surface area contributed by atoms with E-state index in [1.54, 1.807) is 12.1 Å². The predicted molar refractivity (Wildman–Crippen MR) is 126 cm³/mol. The van der Waals surface area contributed by atoms with Crippen molar-refractivity contribution in [1.29, 1.82) is 0 Å². The van der Waals surface area contributed by atoms with Gasteiger partial charge in [-0.15, -0.1) is 0 Å². The first-order valence-corrected chi connectivity index (χ1v) is 11.1.